The molecule has 6 nitrogen and oxygen atoms in total. The molecule has 0 spiro atoms. The summed E-state index contributed by atoms with van der Waals surface area (Å²) < 4.78 is 26.5. The second-order valence-corrected chi connectivity index (χ2v) is 6.47. The second-order valence-electron chi connectivity index (χ2n) is 4.71. The van der Waals surface area contributed by atoms with Crippen molar-refractivity contribution in [2.24, 2.45) is 5.92 Å². The van der Waals surface area contributed by atoms with Gasteiger partial charge in [-0.05, 0) is 30.0 Å². The molecule has 1 aromatic rings. The summed E-state index contributed by atoms with van der Waals surface area (Å²) in [6.45, 7) is 4.37. The van der Waals surface area contributed by atoms with Gasteiger partial charge in [0.15, 0.2) is 0 Å². The lowest BCUT2D eigenvalue weighted by Crippen LogP contribution is -2.25. The van der Waals surface area contributed by atoms with Gasteiger partial charge in [-0.2, -0.15) is 0 Å². The molecule has 0 bridgehead atoms. The van der Waals surface area contributed by atoms with E-state index in [0.717, 1.165) is 12.5 Å². The minimum absolute atomic E-state index is 0.0220. The fourth-order valence-electron chi connectivity index (χ4n) is 1.41. The molecule has 0 atom stereocenters. The molecular weight excluding hydrogens is 280 g/mol. The van der Waals surface area contributed by atoms with Gasteiger partial charge in [0.05, 0.1) is 0 Å². The van der Waals surface area contributed by atoms with E-state index in [9.17, 15) is 13.2 Å². The van der Waals surface area contributed by atoms with Crippen LogP contribution in [0.3, 0.4) is 0 Å². The normalized spacial score (nSPS) is 12.2. The Balaban J connectivity index is 2.85. The maximum atomic E-state index is 12.0. The molecule has 20 heavy (non-hydrogen) atoms. The molecule has 0 aliphatic carbocycles. The zero-order valence-electron chi connectivity index (χ0n) is 11.4. The van der Waals surface area contributed by atoms with E-state index in [1.165, 1.54) is 24.5 Å². The third kappa shape index (κ3) is 5.50. The van der Waals surface area contributed by atoms with E-state index in [2.05, 4.69) is 9.71 Å². The maximum absolute atomic E-state index is 12.0. The summed E-state index contributed by atoms with van der Waals surface area (Å²) in [6, 6.07) is 1.38. The van der Waals surface area contributed by atoms with Crippen LogP contribution < -0.4 is 4.72 Å². The molecule has 2 N–H and O–H groups in total. The molecule has 1 heterocycles. The van der Waals surface area contributed by atoms with Crippen molar-refractivity contribution in [3.63, 3.8) is 0 Å². The number of hydrogen-bond acceptors (Lipinski definition) is 4. The van der Waals surface area contributed by atoms with Crippen molar-refractivity contribution in [2.45, 2.75) is 25.2 Å². The van der Waals surface area contributed by atoms with Crippen LogP contribution in [-0.2, 0) is 14.8 Å². The molecule has 0 unspecified atom stereocenters. The summed E-state index contributed by atoms with van der Waals surface area (Å²) in [5.41, 5.74) is 0.416. The Morgan fingerprint density at radius 2 is 2.15 bits per heavy atom. The van der Waals surface area contributed by atoms with Crippen LogP contribution in [0.4, 0.5) is 0 Å². The van der Waals surface area contributed by atoms with Crippen LogP contribution in [0, 0.1) is 5.92 Å². The van der Waals surface area contributed by atoms with Crippen LogP contribution in [0.25, 0.3) is 6.08 Å². The largest absolute Gasteiger partial charge is 0.478 e. The summed E-state index contributed by atoms with van der Waals surface area (Å²) in [6.07, 6.45) is 5.59. The minimum Gasteiger partial charge on any atom is -0.478 e. The molecule has 0 radical (unpaired) electrons. The lowest BCUT2D eigenvalue weighted by atomic mass is 10.1. The second kappa shape index (κ2) is 7.16. The number of aromatic nitrogens is 1. The van der Waals surface area contributed by atoms with Gasteiger partial charge in [-0.3, -0.25) is 4.98 Å². The molecule has 1 aromatic heterocycles. The highest BCUT2D eigenvalue weighted by Crippen LogP contribution is 2.11. The molecule has 0 aliphatic rings. The number of pyridine rings is 1. The smallest absolute Gasteiger partial charge is 0.328 e. The quantitative estimate of drug-likeness (QED) is 0.744. The van der Waals surface area contributed by atoms with Crippen molar-refractivity contribution in [3.8, 4) is 0 Å². The Morgan fingerprint density at radius 3 is 2.75 bits per heavy atom. The van der Waals surface area contributed by atoms with Gasteiger partial charge in [0.25, 0.3) is 0 Å². The first kappa shape index (κ1) is 16.3. The van der Waals surface area contributed by atoms with Crippen LogP contribution in [0.2, 0.25) is 0 Å². The number of carbonyl (C=O) groups is 1. The molecule has 0 amide bonds. The molecule has 7 heteroatoms. The first-order valence-electron chi connectivity index (χ1n) is 6.17. The van der Waals surface area contributed by atoms with Crippen molar-refractivity contribution in [1.82, 2.24) is 9.71 Å². The van der Waals surface area contributed by atoms with Gasteiger partial charge >= 0.3 is 5.97 Å². The highest BCUT2D eigenvalue weighted by Gasteiger charge is 2.14. The predicted octanol–water partition coefficient (Wildman–Crippen LogP) is 1.50. The summed E-state index contributed by atoms with van der Waals surface area (Å²) in [5, 5.41) is 8.53. The third-order valence-electron chi connectivity index (χ3n) is 2.48. The third-order valence-corrected chi connectivity index (χ3v) is 3.90. The van der Waals surface area contributed by atoms with Gasteiger partial charge in [0.1, 0.15) is 4.90 Å². The fraction of sp³-hybridized carbons (Fsp3) is 0.385. The van der Waals surface area contributed by atoms with E-state index in [4.69, 9.17) is 5.11 Å². The van der Waals surface area contributed by atoms with E-state index in [0.29, 0.717) is 18.0 Å². The lowest BCUT2D eigenvalue weighted by Gasteiger charge is -2.08. The highest BCUT2D eigenvalue weighted by molar-refractivity contribution is 7.89. The van der Waals surface area contributed by atoms with E-state index in [1.54, 1.807) is 0 Å². The van der Waals surface area contributed by atoms with Gasteiger partial charge in [-0.25, -0.2) is 17.9 Å². The Bertz CT molecular complexity index is 594. The van der Waals surface area contributed by atoms with Crippen molar-refractivity contribution in [2.75, 3.05) is 6.54 Å². The standard InChI is InChI=1S/C13H18N2O4S/c1-10(2)5-6-15-20(18,19)12-7-11(8-14-9-12)3-4-13(16)17/h3-4,7-10,15H,5-6H2,1-2H3,(H,16,17). The van der Waals surface area contributed by atoms with Gasteiger partial charge in [0, 0.05) is 25.0 Å². The Hall–Kier alpha value is -1.73. The lowest BCUT2D eigenvalue weighted by molar-refractivity contribution is -0.131. The molecule has 110 valence electrons. The first-order valence-corrected chi connectivity index (χ1v) is 7.65. The fourth-order valence-corrected chi connectivity index (χ4v) is 2.45. The molecule has 0 aliphatic heterocycles. The number of hydrogen-bond donors (Lipinski definition) is 2. The van der Waals surface area contributed by atoms with Crippen LogP contribution in [-0.4, -0.2) is 31.0 Å². The SMILES string of the molecule is CC(C)CCNS(=O)(=O)c1cncc(C=CC(=O)O)c1. The molecular formula is C13H18N2O4S. The monoisotopic (exact) mass is 298 g/mol. The number of carboxylic acid groups (broad SMARTS) is 1. The Kier molecular flexibility index (Phi) is 5.84. The average Bonchev–Trinajstić information content (AvgIpc) is 2.36. The van der Waals surface area contributed by atoms with Crippen molar-refractivity contribution in [1.29, 1.82) is 0 Å². The predicted molar refractivity (Wildman–Crippen MR) is 75.6 cm³/mol. The van der Waals surface area contributed by atoms with Gasteiger partial charge in [-0.15, -0.1) is 0 Å². The van der Waals surface area contributed by atoms with Crippen LogP contribution >= 0.6 is 0 Å². The Labute approximate surface area is 118 Å². The van der Waals surface area contributed by atoms with Crippen molar-refractivity contribution in [3.05, 3.63) is 30.1 Å². The molecule has 0 aromatic carbocycles. The van der Waals surface area contributed by atoms with Crippen LogP contribution in [0.15, 0.2) is 29.4 Å². The molecule has 0 fully saturated rings. The van der Waals surface area contributed by atoms with Gasteiger partial charge < -0.3 is 5.11 Å². The highest BCUT2D eigenvalue weighted by atomic mass is 32.2. The van der Waals surface area contributed by atoms with E-state index in [1.807, 2.05) is 13.8 Å². The zero-order chi connectivity index (χ0) is 15.2. The van der Waals surface area contributed by atoms with Crippen LogP contribution in [0.1, 0.15) is 25.8 Å². The molecule has 0 saturated carbocycles. The first-order chi connectivity index (χ1) is 9.31. The summed E-state index contributed by atoms with van der Waals surface area (Å²) in [7, 11) is -3.61. The van der Waals surface area contributed by atoms with E-state index < -0.39 is 16.0 Å². The number of rotatable bonds is 7. The average molecular weight is 298 g/mol. The van der Waals surface area contributed by atoms with Gasteiger partial charge in [-0.1, -0.05) is 13.8 Å². The number of carboxylic acids is 1. The Morgan fingerprint density at radius 1 is 1.45 bits per heavy atom. The van der Waals surface area contributed by atoms with Crippen molar-refractivity contribution < 1.29 is 18.3 Å². The summed E-state index contributed by atoms with van der Waals surface area (Å²) in [4.78, 5) is 14.3. The summed E-state index contributed by atoms with van der Waals surface area (Å²) in [5.74, 6) is -0.700. The van der Waals surface area contributed by atoms with E-state index >= 15 is 0 Å². The molecule has 1 rings (SSSR count). The zero-order valence-corrected chi connectivity index (χ0v) is 12.2. The van der Waals surface area contributed by atoms with Crippen LogP contribution in [0.5, 0.6) is 0 Å². The topological polar surface area (TPSA) is 96.4 Å². The summed E-state index contributed by atoms with van der Waals surface area (Å²) >= 11 is 0. The van der Waals surface area contributed by atoms with E-state index in [-0.39, 0.29) is 4.90 Å². The number of sulfonamides is 1. The number of nitrogens with zero attached hydrogens (tertiary/aromatic N) is 1. The maximum Gasteiger partial charge on any atom is 0.328 e. The molecule has 0 saturated heterocycles. The van der Waals surface area contributed by atoms with Gasteiger partial charge in [0.2, 0.25) is 10.0 Å². The van der Waals surface area contributed by atoms with Crippen molar-refractivity contribution >= 4 is 22.1 Å². The number of nitrogens with one attached hydrogen (secondary N) is 1. The number of aliphatic carboxylic acids is 1. The minimum atomic E-state index is -3.61.